The Morgan fingerprint density at radius 1 is 1.11 bits per heavy atom. The van der Waals surface area contributed by atoms with Gasteiger partial charge in [-0.2, -0.15) is 0 Å². The molecule has 5 rings (SSSR count). The van der Waals surface area contributed by atoms with Gasteiger partial charge < -0.3 is 9.72 Å². The van der Waals surface area contributed by atoms with Crippen LogP contribution in [0.25, 0.3) is 10.9 Å². The molecular weight excluding hydrogens is 484 g/mol. The summed E-state index contributed by atoms with van der Waals surface area (Å²) in [5.41, 5.74) is 3.60. The molecule has 0 saturated carbocycles. The summed E-state index contributed by atoms with van der Waals surface area (Å²) < 4.78 is 7.05. The van der Waals surface area contributed by atoms with E-state index in [-0.39, 0.29) is 5.56 Å². The zero-order chi connectivity index (χ0) is 25.6. The first-order valence-corrected chi connectivity index (χ1v) is 13.2. The molecule has 1 atom stereocenters. The van der Waals surface area contributed by atoms with Crippen molar-refractivity contribution in [3.63, 3.8) is 0 Å². The second-order valence-electron chi connectivity index (χ2n) is 9.03. The molecule has 37 heavy (non-hydrogen) atoms. The van der Waals surface area contributed by atoms with Crippen molar-refractivity contribution < 1.29 is 4.74 Å². The Hall–Kier alpha value is -3.66. The summed E-state index contributed by atoms with van der Waals surface area (Å²) in [6, 6.07) is 22.2. The van der Waals surface area contributed by atoms with Gasteiger partial charge in [-0.3, -0.25) is 9.69 Å². The van der Waals surface area contributed by atoms with Crippen LogP contribution in [0.15, 0.2) is 76.9 Å². The van der Waals surface area contributed by atoms with E-state index < -0.39 is 6.04 Å². The van der Waals surface area contributed by atoms with Crippen LogP contribution in [0.1, 0.15) is 33.4 Å². The van der Waals surface area contributed by atoms with Crippen LogP contribution in [0.2, 0.25) is 0 Å². The molecule has 8 nitrogen and oxygen atoms in total. The lowest BCUT2D eigenvalue weighted by Crippen LogP contribution is -2.36. The first-order chi connectivity index (χ1) is 18.1. The van der Waals surface area contributed by atoms with E-state index >= 15 is 0 Å². The summed E-state index contributed by atoms with van der Waals surface area (Å²) in [5, 5.41) is 15.7. The van der Waals surface area contributed by atoms with Gasteiger partial charge >= 0.3 is 0 Å². The van der Waals surface area contributed by atoms with Crippen molar-refractivity contribution >= 4 is 22.2 Å². The minimum Gasteiger partial charge on any atom is -0.383 e. The number of fused-ring (bicyclic) bond motifs is 1. The largest absolute Gasteiger partial charge is 0.383 e. The Morgan fingerprint density at radius 3 is 2.76 bits per heavy atom. The Bertz CT molecular complexity index is 1500. The highest BCUT2D eigenvalue weighted by molar-refractivity contribution is 7.09. The second-order valence-corrected chi connectivity index (χ2v) is 10.1. The smallest absolute Gasteiger partial charge is 0.253 e. The van der Waals surface area contributed by atoms with Crippen LogP contribution in [0, 0.1) is 6.92 Å². The van der Waals surface area contributed by atoms with Gasteiger partial charge in [-0.1, -0.05) is 54.6 Å². The fourth-order valence-corrected chi connectivity index (χ4v) is 5.40. The number of thiophene rings is 1. The monoisotopic (exact) mass is 514 g/mol. The lowest BCUT2D eigenvalue weighted by atomic mass is 10.0. The van der Waals surface area contributed by atoms with Gasteiger partial charge in [0.15, 0.2) is 5.82 Å². The Kier molecular flexibility index (Phi) is 7.84. The summed E-state index contributed by atoms with van der Waals surface area (Å²) in [4.78, 5) is 20.3. The van der Waals surface area contributed by atoms with E-state index in [0.29, 0.717) is 31.1 Å². The number of nitrogens with one attached hydrogen (secondary N) is 1. The predicted octanol–water partition coefficient (Wildman–Crippen LogP) is 4.37. The molecule has 2 aromatic carbocycles. The zero-order valence-electron chi connectivity index (χ0n) is 21.0. The summed E-state index contributed by atoms with van der Waals surface area (Å²) in [6.45, 7) is 4.34. The molecule has 0 aliphatic rings. The fourth-order valence-electron chi connectivity index (χ4n) is 4.67. The van der Waals surface area contributed by atoms with Crippen LogP contribution in [0.4, 0.5) is 0 Å². The maximum atomic E-state index is 13.6. The number of methoxy groups -OCH3 is 1. The summed E-state index contributed by atoms with van der Waals surface area (Å²) in [7, 11) is 1.65. The first kappa shape index (κ1) is 25.0. The summed E-state index contributed by atoms with van der Waals surface area (Å²) in [5.74, 6) is 0.624. The number of hydrogen-bond acceptors (Lipinski definition) is 7. The van der Waals surface area contributed by atoms with E-state index in [1.165, 1.54) is 10.4 Å². The van der Waals surface area contributed by atoms with Crippen molar-refractivity contribution in [1.29, 1.82) is 0 Å². The molecule has 3 aromatic heterocycles. The van der Waals surface area contributed by atoms with Crippen molar-refractivity contribution in [2.75, 3.05) is 20.3 Å². The molecule has 0 saturated heterocycles. The number of nitrogens with zero attached hydrogens (tertiary/aromatic N) is 5. The van der Waals surface area contributed by atoms with Gasteiger partial charge in [0.05, 0.1) is 18.7 Å². The minimum absolute atomic E-state index is 0.135. The highest BCUT2D eigenvalue weighted by atomic mass is 32.1. The number of aromatic amines is 1. The Morgan fingerprint density at radius 2 is 1.97 bits per heavy atom. The fraction of sp³-hybridized carbons (Fsp3) is 0.286. The van der Waals surface area contributed by atoms with Gasteiger partial charge in [-0.05, 0) is 57.8 Å². The number of pyridine rings is 1. The van der Waals surface area contributed by atoms with Crippen LogP contribution in [0.5, 0.6) is 0 Å². The quantitative estimate of drug-likeness (QED) is 0.282. The molecular formula is C28H30N6O2S. The first-order valence-electron chi connectivity index (χ1n) is 12.3. The molecule has 0 unspecified atom stereocenters. The van der Waals surface area contributed by atoms with E-state index in [0.717, 1.165) is 29.4 Å². The highest BCUT2D eigenvalue weighted by Crippen LogP contribution is 2.30. The second kappa shape index (κ2) is 11.6. The number of aromatic nitrogens is 5. The minimum atomic E-state index is -0.452. The SMILES string of the molecule is COCCn1nnnc1[C@H](c1cc2cccc(C)c2[nH]c1=O)N(CCc1ccccc1)Cc1cccs1. The Labute approximate surface area is 219 Å². The van der Waals surface area contributed by atoms with Gasteiger partial charge in [0.1, 0.15) is 6.04 Å². The molecule has 0 radical (unpaired) electrons. The van der Waals surface area contributed by atoms with Crippen LogP contribution >= 0.6 is 11.3 Å². The van der Waals surface area contributed by atoms with Crippen LogP contribution < -0.4 is 5.56 Å². The van der Waals surface area contributed by atoms with Crippen molar-refractivity contribution in [3.8, 4) is 0 Å². The average Bonchev–Trinajstić information content (AvgIpc) is 3.60. The third-order valence-electron chi connectivity index (χ3n) is 6.56. The van der Waals surface area contributed by atoms with E-state index in [9.17, 15) is 4.79 Å². The number of hydrogen-bond donors (Lipinski definition) is 1. The van der Waals surface area contributed by atoms with Gasteiger partial charge in [0, 0.05) is 30.6 Å². The summed E-state index contributed by atoms with van der Waals surface area (Å²) in [6.07, 6.45) is 0.826. The highest BCUT2D eigenvalue weighted by Gasteiger charge is 2.31. The molecule has 0 spiro atoms. The van der Waals surface area contributed by atoms with E-state index in [1.807, 2.05) is 37.3 Å². The maximum absolute atomic E-state index is 13.6. The van der Waals surface area contributed by atoms with Crippen molar-refractivity contribution in [3.05, 3.63) is 110 Å². The zero-order valence-corrected chi connectivity index (χ0v) is 21.8. The molecule has 1 N–H and O–H groups in total. The summed E-state index contributed by atoms with van der Waals surface area (Å²) >= 11 is 1.70. The van der Waals surface area contributed by atoms with Crippen LogP contribution in [-0.2, 0) is 24.2 Å². The van der Waals surface area contributed by atoms with Crippen molar-refractivity contribution in [2.45, 2.75) is 32.5 Å². The molecule has 0 amide bonds. The Balaban J connectivity index is 1.63. The topological polar surface area (TPSA) is 88.9 Å². The van der Waals surface area contributed by atoms with E-state index in [1.54, 1.807) is 23.1 Å². The molecule has 5 aromatic rings. The molecule has 3 heterocycles. The van der Waals surface area contributed by atoms with Crippen LogP contribution in [-0.4, -0.2) is 50.4 Å². The average molecular weight is 515 g/mol. The number of benzene rings is 2. The lowest BCUT2D eigenvalue weighted by Gasteiger charge is -2.31. The molecule has 0 aliphatic carbocycles. The number of rotatable bonds is 11. The third-order valence-corrected chi connectivity index (χ3v) is 7.42. The molecule has 9 heteroatoms. The van der Waals surface area contributed by atoms with Gasteiger partial charge in [0.25, 0.3) is 5.56 Å². The number of aryl methyl sites for hydroxylation is 1. The van der Waals surface area contributed by atoms with Crippen LogP contribution in [0.3, 0.4) is 0 Å². The maximum Gasteiger partial charge on any atom is 0.253 e. The lowest BCUT2D eigenvalue weighted by molar-refractivity contribution is 0.172. The molecule has 0 aliphatic heterocycles. The number of ether oxygens (including phenoxy) is 1. The number of H-pyrrole nitrogens is 1. The van der Waals surface area contributed by atoms with E-state index in [4.69, 9.17) is 4.74 Å². The normalized spacial score (nSPS) is 12.4. The van der Waals surface area contributed by atoms with Crippen molar-refractivity contribution in [2.24, 2.45) is 0 Å². The molecule has 0 bridgehead atoms. The predicted molar refractivity (Wildman–Crippen MR) is 146 cm³/mol. The molecule has 0 fully saturated rings. The van der Waals surface area contributed by atoms with Crippen molar-refractivity contribution in [1.82, 2.24) is 30.1 Å². The third kappa shape index (κ3) is 5.69. The van der Waals surface area contributed by atoms with Gasteiger partial charge in [-0.25, -0.2) is 4.68 Å². The number of tetrazole rings is 1. The number of para-hydroxylation sites is 1. The standard InChI is InChI=1S/C28H30N6O2S/c1-20-8-6-11-22-18-24(28(35)29-25(20)22)26(27-30-31-32-34(27)15-16-36-2)33(19-23-12-7-17-37-23)14-13-21-9-4-3-5-10-21/h3-12,17-18,26H,13-16,19H2,1-2H3,(H,29,35)/t26-/m0/s1. The van der Waals surface area contributed by atoms with Gasteiger partial charge in [0.2, 0.25) is 0 Å². The van der Waals surface area contributed by atoms with E-state index in [2.05, 4.69) is 67.2 Å². The molecule has 190 valence electrons. The van der Waals surface area contributed by atoms with Gasteiger partial charge in [-0.15, -0.1) is 16.4 Å².